The van der Waals surface area contributed by atoms with E-state index in [1.165, 1.54) is 11.1 Å². The number of amides is 3. The van der Waals surface area contributed by atoms with Crippen molar-refractivity contribution in [1.82, 2.24) is 15.1 Å². The van der Waals surface area contributed by atoms with Crippen LogP contribution in [0, 0.1) is 0 Å². The Bertz CT molecular complexity index is 675. The molecule has 6 heteroatoms. The van der Waals surface area contributed by atoms with E-state index in [0.717, 1.165) is 19.3 Å². The topological polar surface area (TPSA) is 61.9 Å². The van der Waals surface area contributed by atoms with E-state index in [9.17, 15) is 9.59 Å². The molecule has 0 aliphatic carbocycles. The first-order valence-corrected chi connectivity index (χ1v) is 10.4. The van der Waals surface area contributed by atoms with Crippen molar-refractivity contribution in [3.63, 3.8) is 0 Å². The molecule has 2 heterocycles. The van der Waals surface area contributed by atoms with Crippen molar-refractivity contribution < 1.29 is 14.3 Å². The van der Waals surface area contributed by atoms with Gasteiger partial charge in [-0.05, 0) is 35.8 Å². The molecule has 1 atom stereocenters. The molecule has 1 aromatic rings. The fourth-order valence-corrected chi connectivity index (χ4v) is 3.85. The molecule has 154 valence electrons. The molecular weight excluding hydrogens is 354 g/mol. The molecule has 0 saturated carbocycles. The van der Waals surface area contributed by atoms with Gasteiger partial charge in [0.2, 0.25) is 5.91 Å². The second-order valence-electron chi connectivity index (χ2n) is 8.72. The maximum absolute atomic E-state index is 12.8. The second kappa shape index (κ2) is 8.95. The molecular formula is C22H33N3O3. The summed E-state index contributed by atoms with van der Waals surface area (Å²) in [7, 11) is 0. The molecule has 28 heavy (non-hydrogen) atoms. The maximum atomic E-state index is 12.8. The number of nitrogens with one attached hydrogen (secondary N) is 1. The predicted molar refractivity (Wildman–Crippen MR) is 109 cm³/mol. The number of morpholine rings is 1. The van der Waals surface area contributed by atoms with E-state index in [4.69, 9.17) is 4.74 Å². The normalized spacial score (nSPS) is 20.3. The number of carbonyl (C=O) groups is 2. The molecule has 1 aromatic carbocycles. The molecule has 3 amide bonds. The monoisotopic (exact) mass is 387 g/mol. The molecule has 2 aliphatic heterocycles. The first kappa shape index (κ1) is 20.6. The summed E-state index contributed by atoms with van der Waals surface area (Å²) in [6.45, 7) is 10.2. The lowest BCUT2D eigenvalue weighted by molar-refractivity contribution is -0.139. The minimum absolute atomic E-state index is 0.0636. The number of benzene rings is 1. The van der Waals surface area contributed by atoms with Crippen molar-refractivity contribution in [3.8, 4) is 0 Å². The second-order valence-corrected chi connectivity index (χ2v) is 8.72. The lowest BCUT2D eigenvalue weighted by Crippen LogP contribution is -2.53. The van der Waals surface area contributed by atoms with Gasteiger partial charge in [-0.3, -0.25) is 4.79 Å². The van der Waals surface area contributed by atoms with Crippen molar-refractivity contribution in [2.45, 2.75) is 51.5 Å². The minimum atomic E-state index is -0.329. The van der Waals surface area contributed by atoms with E-state index in [-0.39, 0.29) is 23.4 Å². The molecule has 2 aliphatic rings. The highest BCUT2D eigenvalue weighted by atomic mass is 16.5. The number of hydrogen-bond acceptors (Lipinski definition) is 3. The Labute approximate surface area is 168 Å². The van der Waals surface area contributed by atoms with Crippen molar-refractivity contribution in [3.05, 3.63) is 35.4 Å². The maximum Gasteiger partial charge on any atom is 0.318 e. The lowest BCUT2D eigenvalue weighted by Gasteiger charge is -2.32. The van der Waals surface area contributed by atoms with Gasteiger partial charge < -0.3 is 19.9 Å². The van der Waals surface area contributed by atoms with Gasteiger partial charge in [-0.15, -0.1) is 0 Å². The lowest BCUT2D eigenvalue weighted by atomic mass is 9.86. The van der Waals surface area contributed by atoms with Gasteiger partial charge in [-0.25, -0.2) is 4.79 Å². The Morgan fingerprint density at radius 2 is 1.79 bits per heavy atom. The fourth-order valence-electron chi connectivity index (χ4n) is 3.85. The van der Waals surface area contributed by atoms with Crippen molar-refractivity contribution in [2.24, 2.45) is 0 Å². The first-order chi connectivity index (χ1) is 13.4. The highest BCUT2D eigenvalue weighted by molar-refractivity contribution is 5.87. The Balaban J connectivity index is 1.49. The van der Waals surface area contributed by atoms with Crippen LogP contribution in [0.4, 0.5) is 4.79 Å². The zero-order chi connectivity index (χ0) is 20.1. The molecule has 0 unspecified atom stereocenters. The quantitative estimate of drug-likeness (QED) is 0.864. The van der Waals surface area contributed by atoms with Gasteiger partial charge in [-0.2, -0.15) is 0 Å². The van der Waals surface area contributed by atoms with Crippen LogP contribution in [0.2, 0.25) is 0 Å². The Kier molecular flexibility index (Phi) is 6.60. The van der Waals surface area contributed by atoms with Crippen LogP contribution in [0.25, 0.3) is 0 Å². The van der Waals surface area contributed by atoms with Crippen LogP contribution < -0.4 is 5.32 Å². The number of carbonyl (C=O) groups excluding carboxylic acids is 2. The number of likely N-dealkylation sites (tertiary alicyclic amines) is 1. The van der Waals surface area contributed by atoms with Crippen LogP contribution in [0.3, 0.4) is 0 Å². The SMILES string of the molecule is CC(C)(C)c1ccc(CCNC(=O)N2CCC[C@H]2C(=O)N2CCOCC2)cc1. The Hall–Kier alpha value is -2.08. The molecule has 2 fully saturated rings. The van der Waals surface area contributed by atoms with Crippen LogP contribution in [0.5, 0.6) is 0 Å². The van der Waals surface area contributed by atoms with Crippen molar-refractivity contribution >= 4 is 11.9 Å². The van der Waals surface area contributed by atoms with E-state index < -0.39 is 0 Å². The Morgan fingerprint density at radius 1 is 1.11 bits per heavy atom. The minimum Gasteiger partial charge on any atom is -0.378 e. The van der Waals surface area contributed by atoms with Crippen LogP contribution in [0.1, 0.15) is 44.7 Å². The van der Waals surface area contributed by atoms with E-state index in [2.05, 4.69) is 50.4 Å². The van der Waals surface area contributed by atoms with Crippen molar-refractivity contribution in [1.29, 1.82) is 0 Å². The first-order valence-electron chi connectivity index (χ1n) is 10.4. The van der Waals surface area contributed by atoms with Gasteiger partial charge in [0.1, 0.15) is 6.04 Å². The smallest absolute Gasteiger partial charge is 0.318 e. The summed E-state index contributed by atoms with van der Waals surface area (Å²) in [5.41, 5.74) is 2.65. The third-order valence-corrected chi connectivity index (χ3v) is 5.63. The van der Waals surface area contributed by atoms with Crippen LogP contribution in [0.15, 0.2) is 24.3 Å². The van der Waals surface area contributed by atoms with Gasteiger partial charge in [0.05, 0.1) is 13.2 Å². The highest BCUT2D eigenvalue weighted by Crippen LogP contribution is 2.22. The summed E-state index contributed by atoms with van der Waals surface area (Å²) in [6, 6.07) is 8.13. The highest BCUT2D eigenvalue weighted by Gasteiger charge is 2.36. The summed E-state index contributed by atoms with van der Waals surface area (Å²) in [5, 5.41) is 3.00. The summed E-state index contributed by atoms with van der Waals surface area (Å²) in [5.74, 6) is 0.0636. The van der Waals surface area contributed by atoms with E-state index in [1.807, 2.05) is 4.90 Å². The molecule has 0 bridgehead atoms. The van der Waals surface area contributed by atoms with E-state index >= 15 is 0 Å². The zero-order valence-corrected chi connectivity index (χ0v) is 17.4. The Morgan fingerprint density at radius 3 is 2.43 bits per heavy atom. The number of nitrogens with zero attached hydrogens (tertiary/aromatic N) is 2. The van der Waals surface area contributed by atoms with Crippen LogP contribution >= 0.6 is 0 Å². The van der Waals surface area contributed by atoms with Gasteiger partial charge in [-0.1, -0.05) is 45.0 Å². The number of hydrogen-bond donors (Lipinski definition) is 1. The summed E-state index contributed by atoms with van der Waals surface area (Å²) >= 11 is 0. The largest absolute Gasteiger partial charge is 0.378 e. The molecule has 2 saturated heterocycles. The third kappa shape index (κ3) is 5.04. The molecule has 1 N–H and O–H groups in total. The van der Waals surface area contributed by atoms with Crippen LogP contribution in [-0.2, 0) is 21.4 Å². The summed E-state index contributed by atoms with van der Waals surface area (Å²) < 4.78 is 5.32. The average Bonchev–Trinajstić information content (AvgIpc) is 3.17. The van der Waals surface area contributed by atoms with Gasteiger partial charge in [0.15, 0.2) is 0 Å². The van der Waals surface area contributed by atoms with Crippen molar-refractivity contribution in [2.75, 3.05) is 39.4 Å². The van der Waals surface area contributed by atoms with Gasteiger partial charge in [0.25, 0.3) is 0 Å². The van der Waals surface area contributed by atoms with Crippen LogP contribution in [-0.4, -0.2) is 67.2 Å². The number of ether oxygens (including phenoxy) is 1. The average molecular weight is 388 g/mol. The summed E-state index contributed by atoms with van der Waals surface area (Å²) in [6.07, 6.45) is 2.41. The fraction of sp³-hybridized carbons (Fsp3) is 0.636. The van der Waals surface area contributed by atoms with E-state index in [0.29, 0.717) is 39.4 Å². The third-order valence-electron chi connectivity index (χ3n) is 5.63. The molecule has 6 nitrogen and oxygen atoms in total. The zero-order valence-electron chi connectivity index (χ0n) is 17.4. The molecule has 0 radical (unpaired) electrons. The summed E-state index contributed by atoms with van der Waals surface area (Å²) in [4.78, 5) is 28.9. The standard InChI is InChI=1S/C22H33N3O3/c1-22(2,3)18-8-6-17(7-9-18)10-11-23-21(27)25-12-4-5-19(25)20(26)24-13-15-28-16-14-24/h6-9,19H,4-5,10-16H2,1-3H3,(H,23,27)/t19-/m0/s1. The predicted octanol–water partition coefficient (Wildman–Crippen LogP) is 2.56. The molecule has 3 rings (SSSR count). The number of rotatable bonds is 4. The van der Waals surface area contributed by atoms with Gasteiger partial charge in [0, 0.05) is 26.2 Å². The molecule has 0 spiro atoms. The van der Waals surface area contributed by atoms with E-state index in [1.54, 1.807) is 4.90 Å². The molecule has 0 aromatic heterocycles. The van der Waals surface area contributed by atoms with Gasteiger partial charge >= 0.3 is 6.03 Å². The number of urea groups is 1.